The topological polar surface area (TPSA) is 31.1 Å². The minimum atomic E-state index is 0.201. The Labute approximate surface area is 163 Å². The molecule has 27 heavy (non-hydrogen) atoms. The number of carbonyl (C=O) groups excluding carboxylic acids is 1. The second-order valence-electron chi connectivity index (χ2n) is 8.42. The third-order valence-electron chi connectivity index (χ3n) is 6.73. The predicted molar refractivity (Wildman–Crippen MR) is 109 cm³/mol. The number of piperazine rings is 1. The van der Waals surface area contributed by atoms with E-state index in [1.807, 2.05) is 17.0 Å². The molecule has 0 aliphatic carbocycles. The predicted octanol–water partition coefficient (Wildman–Crippen LogP) is 3.71. The van der Waals surface area contributed by atoms with Crippen molar-refractivity contribution in [2.45, 2.75) is 58.2 Å². The number of nitrogens with zero attached hydrogens (tertiary/aromatic N) is 4. The molecule has 2 unspecified atom stereocenters. The minimum absolute atomic E-state index is 0.201. The van der Waals surface area contributed by atoms with Crippen LogP contribution < -0.4 is 0 Å². The van der Waals surface area contributed by atoms with E-state index in [1.165, 1.54) is 5.56 Å². The summed E-state index contributed by atoms with van der Waals surface area (Å²) in [7, 11) is 0. The Morgan fingerprint density at radius 2 is 1.81 bits per heavy atom. The van der Waals surface area contributed by atoms with Gasteiger partial charge < -0.3 is 4.90 Å². The summed E-state index contributed by atoms with van der Waals surface area (Å²) in [4.78, 5) is 22.3. The Balaban J connectivity index is 1.61. The van der Waals surface area contributed by atoms with Crippen LogP contribution in [0.5, 0.6) is 0 Å². The summed E-state index contributed by atoms with van der Waals surface area (Å²) < 4.78 is 0. The molecule has 1 amide bonds. The zero-order valence-electron chi connectivity index (χ0n) is 17.1. The molecular formula is C22H32N4O. The Morgan fingerprint density at radius 3 is 2.33 bits per heavy atom. The molecule has 146 valence electrons. The molecule has 1 aromatic rings. The van der Waals surface area contributed by atoms with Crippen LogP contribution in [0.2, 0.25) is 0 Å². The van der Waals surface area contributed by atoms with E-state index in [1.54, 1.807) is 6.92 Å². The van der Waals surface area contributed by atoms with Gasteiger partial charge in [-0.15, -0.1) is 0 Å². The van der Waals surface area contributed by atoms with E-state index in [2.05, 4.69) is 47.5 Å². The van der Waals surface area contributed by atoms with E-state index in [9.17, 15) is 4.79 Å². The number of benzene rings is 1. The number of amides is 1. The van der Waals surface area contributed by atoms with Crippen LogP contribution in [0.1, 0.15) is 52.1 Å². The summed E-state index contributed by atoms with van der Waals surface area (Å²) in [6, 6.07) is 8.87. The number of hydrogen-bond acceptors (Lipinski definition) is 3. The largest absolute Gasteiger partial charge is 0.343 e. The van der Waals surface area contributed by atoms with Crippen molar-refractivity contribution >= 4 is 11.6 Å². The number of hydrogen-bond donors (Lipinski definition) is 0. The van der Waals surface area contributed by atoms with Crippen LogP contribution in [0.3, 0.4) is 0 Å². The fraction of sp³-hybridized carbons (Fsp3) is 0.636. The van der Waals surface area contributed by atoms with Crippen molar-refractivity contribution in [3.05, 3.63) is 41.2 Å². The molecule has 2 heterocycles. The van der Waals surface area contributed by atoms with Gasteiger partial charge in [0.2, 0.25) is 5.91 Å². The monoisotopic (exact) mass is 368 g/mol. The van der Waals surface area contributed by atoms with Crippen molar-refractivity contribution in [3.8, 4) is 0 Å². The summed E-state index contributed by atoms with van der Waals surface area (Å²) in [5.41, 5.74) is 2.18. The lowest BCUT2D eigenvalue weighted by Crippen LogP contribution is -2.62. The Morgan fingerprint density at radius 1 is 1.19 bits per heavy atom. The average molecular weight is 369 g/mol. The maximum absolute atomic E-state index is 11.6. The first-order chi connectivity index (χ1) is 12.8. The van der Waals surface area contributed by atoms with Gasteiger partial charge in [-0.3, -0.25) is 14.6 Å². The Hall–Kier alpha value is -1.90. The summed E-state index contributed by atoms with van der Waals surface area (Å²) in [5.74, 6) is 0.202. The zero-order valence-corrected chi connectivity index (χ0v) is 17.1. The van der Waals surface area contributed by atoms with Gasteiger partial charge in [0.1, 0.15) is 0 Å². The Bertz CT molecular complexity index is 700. The first-order valence-corrected chi connectivity index (χ1v) is 10.1. The van der Waals surface area contributed by atoms with Crippen LogP contribution in [0, 0.1) is 6.57 Å². The average Bonchev–Trinajstić information content (AvgIpc) is 2.68. The van der Waals surface area contributed by atoms with Crippen molar-refractivity contribution in [2.75, 3.05) is 32.7 Å². The molecule has 5 nitrogen and oxygen atoms in total. The molecule has 2 aliphatic rings. The maximum atomic E-state index is 11.6. The standard InChI is InChI=1S/C22H32N4O/c1-17-16-25(22(4)10-12-24(13-11-22)19(3)27)14-15-26(17)18(2)20-6-8-21(23-5)9-7-20/h6-9,17-18H,10-16H2,1-4H3. The van der Waals surface area contributed by atoms with E-state index in [0.29, 0.717) is 17.8 Å². The molecule has 2 fully saturated rings. The highest BCUT2D eigenvalue weighted by atomic mass is 16.2. The highest BCUT2D eigenvalue weighted by molar-refractivity contribution is 5.73. The van der Waals surface area contributed by atoms with Gasteiger partial charge in [-0.1, -0.05) is 24.3 Å². The van der Waals surface area contributed by atoms with Crippen LogP contribution in [0.25, 0.3) is 4.85 Å². The van der Waals surface area contributed by atoms with Gasteiger partial charge in [-0.05, 0) is 39.2 Å². The van der Waals surface area contributed by atoms with Crippen LogP contribution >= 0.6 is 0 Å². The summed E-state index contributed by atoms with van der Waals surface area (Å²) >= 11 is 0. The third-order valence-corrected chi connectivity index (χ3v) is 6.73. The first kappa shape index (κ1) is 19.9. The van der Waals surface area contributed by atoms with Gasteiger partial charge in [-0.2, -0.15) is 0 Å². The molecule has 1 aromatic carbocycles. The number of piperidine rings is 1. The number of likely N-dealkylation sites (tertiary alicyclic amines) is 1. The molecule has 2 aliphatic heterocycles. The molecule has 5 heteroatoms. The Kier molecular flexibility index (Phi) is 5.88. The molecule has 0 saturated carbocycles. The molecule has 0 spiro atoms. The normalized spacial score (nSPS) is 25.0. The van der Waals surface area contributed by atoms with Crippen LogP contribution in [-0.4, -0.2) is 64.9 Å². The number of rotatable bonds is 3. The SMILES string of the molecule is [C-]#[N+]c1ccc(C(C)N2CCN(C3(C)CCN(C(C)=O)CC3)CC2C)cc1. The van der Waals surface area contributed by atoms with E-state index < -0.39 is 0 Å². The van der Waals surface area contributed by atoms with E-state index in [4.69, 9.17) is 6.57 Å². The van der Waals surface area contributed by atoms with Crippen molar-refractivity contribution < 1.29 is 4.79 Å². The second-order valence-corrected chi connectivity index (χ2v) is 8.42. The maximum Gasteiger partial charge on any atom is 0.219 e. The van der Waals surface area contributed by atoms with Gasteiger partial charge in [0.05, 0.1) is 6.57 Å². The smallest absolute Gasteiger partial charge is 0.219 e. The lowest BCUT2D eigenvalue weighted by atomic mass is 9.86. The summed E-state index contributed by atoms with van der Waals surface area (Å²) in [6.07, 6.45) is 2.12. The lowest BCUT2D eigenvalue weighted by Gasteiger charge is -2.52. The molecule has 0 radical (unpaired) electrons. The molecule has 2 atom stereocenters. The summed E-state index contributed by atoms with van der Waals surface area (Å²) in [5, 5.41) is 0. The van der Waals surface area contributed by atoms with Crippen LogP contribution in [-0.2, 0) is 4.79 Å². The first-order valence-electron chi connectivity index (χ1n) is 10.1. The third kappa shape index (κ3) is 4.17. The molecule has 3 rings (SSSR count). The molecule has 0 aromatic heterocycles. The zero-order chi connectivity index (χ0) is 19.6. The lowest BCUT2D eigenvalue weighted by molar-refractivity contribution is -0.132. The quantitative estimate of drug-likeness (QED) is 0.762. The van der Waals surface area contributed by atoms with E-state index >= 15 is 0 Å². The van der Waals surface area contributed by atoms with Gasteiger partial charge in [-0.25, -0.2) is 4.85 Å². The fourth-order valence-electron chi connectivity index (χ4n) is 4.68. The molecule has 2 saturated heterocycles. The van der Waals surface area contributed by atoms with Gasteiger partial charge in [0, 0.05) is 57.3 Å². The highest BCUT2D eigenvalue weighted by Gasteiger charge is 2.40. The van der Waals surface area contributed by atoms with Crippen LogP contribution in [0.4, 0.5) is 5.69 Å². The van der Waals surface area contributed by atoms with Gasteiger partial charge in [0.15, 0.2) is 5.69 Å². The van der Waals surface area contributed by atoms with Crippen molar-refractivity contribution in [3.63, 3.8) is 0 Å². The molecule has 0 N–H and O–H groups in total. The second kappa shape index (κ2) is 8.00. The van der Waals surface area contributed by atoms with Gasteiger partial charge in [0.25, 0.3) is 0 Å². The van der Waals surface area contributed by atoms with E-state index in [-0.39, 0.29) is 11.4 Å². The molecular weight excluding hydrogens is 336 g/mol. The number of carbonyl (C=O) groups is 1. The fourth-order valence-corrected chi connectivity index (χ4v) is 4.68. The molecule has 0 bridgehead atoms. The van der Waals surface area contributed by atoms with Crippen molar-refractivity contribution in [2.24, 2.45) is 0 Å². The van der Waals surface area contributed by atoms with E-state index in [0.717, 1.165) is 45.6 Å². The minimum Gasteiger partial charge on any atom is -0.343 e. The highest BCUT2D eigenvalue weighted by Crippen LogP contribution is 2.33. The van der Waals surface area contributed by atoms with Crippen molar-refractivity contribution in [1.82, 2.24) is 14.7 Å². The van der Waals surface area contributed by atoms with Crippen LogP contribution in [0.15, 0.2) is 24.3 Å². The van der Waals surface area contributed by atoms with Crippen molar-refractivity contribution in [1.29, 1.82) is 0 Å². The van der Waals surface area contributed by atoms with Gasteiger partial charge >= 0.3 is 0 Å². The summed E-state index contributed by atoms with van der Waals surface area (Å²) in [6.45, 7) is 20.7.